The lowest BCUT2D eigenvalue weighted by Gasteiger charge is -2.24. The zero-order chi connectivity index (χ0) is 54.2. The second-order valence-electron chi connectivity index (χ2n) is 15.8. The molecule has 0 spiro atoms. The molecule has 75 heavy (non-hydrogen) atoms. The molecule has 6 amide bonds. The minimum Gasteiger partial charge on any atom is -0.755 e. The number of amides is 6. The van der Waals surface area contributed by atoms with Crippen molar-refractivity contribution in [3.8, 4) is 5.75 Å². The van der Waals surface area contributed by atoms with Crippen molar-refractivity contribution in [1.29, 1.82) is 0 Å². The van der Waals surface area contributed by atoms with Crippen LogP contribution in [0.2, 0.25) is 0 Å². The lowest BCUT2D eigenvalue weighted by Crippen LogP contribution is -2.33. The van der Waals surface area contributed by atoms with Crippen molar-refractivity contribution in [2.24, 2.45) is 0 Å². The number of aromatic nitrogens is 1. The van der Waals surface area contributed by atoms with E-state index in [0.29, 0.717) is 101 Å². The van der Waals surface area contributed by atoms with Gasteiger partial charge >= 0.3 is 11.6 Å². The summed E-state index contributed by atoms with van der Waals surface area (Å²) in [6.07, 6.45) is 0.857. The van der Waals surface area contributed by atoms with E-state index in [1.165, 1.54) is 19.1 Å². The minimum absolute atomic E-state index is 0.0266. The van der Waals surface area contributed by atoms with Crippen LogP contribution in [0.3, 0.4) is 0 Å². The van der Waals surface area contributed by atoms with E-state index in [1.54, 1.807) is 19.1 Å². The van der Waals surface area contributed by atoms with Crippen LogP contribution in [0.5, 0.6) is 5.75 Å². The number of anilines is 2. The van der Waals surface area contributed by atoms with E-state index in [1.807, 2.05) is 0 Å². The molecule has 1 unspecified atom stereocenters. The number of nitrogens with zero attached hydrogens (tertiary/aromatic N) is 3. The van der Waals surface area contributed by atoms with Crippen LogP contribution >= 0.6 is 11.3 Å². The highest BCUT2D eigenvalue weighted by molar-refractivity contribution is 7.80. The zero-order valence-corrected chi connectivity index (χ0v) is 43.4. The second-order valence-corrected chi connectivity index (χ2v) is 17.9. The number of fused-ring (bicyclic) bond motifs is 1. The third kappa shape index (κ3) is 24.5. The SMILES string of the molecule is CC(=O)Nc1nc(N(CCC(=O)NCCCOCCOCCOCCCNC(=O)c2cc3ccc(OCC(=O)NCCOCCOCCOCCOCCC(=O)ON4C(=O)CCC4=O)cc3oc2=O)S(=O)[O-])c(C)s1. The van der Waals surface area contributed by atoms with E-state index in [9.17, 15) is 47.1 Å². The molecule has 1 aromatic carbocycles. The van der Waals surface area contributed by atoms with E-state index in [-0.39, 0.29) is 118 Å². The highest BCUT2D eigenvalue weighted by Gasteiger charge is 2.32. The molecule has 416 valence electrons. The van der Waals surface area contributed by atoms with Crippen LogP contribution in [0.1, 0.15) is 60.7 Å². The Hall–Kier alpha value is -6.02. The zero-order valence-electron chi connectivity index (χ0n) is 41.8. The highest BCUT2D eigenvalue weighted by Crippen LogP contribution is 2.30. The summed E-state index contributed by atoms with van der Waals surface area (Å²) in [5, 5.41) is 11.8. The van der Waals surface area contributed by atoms with E-state index in [2.05, 4.69) is 26.3 Å². The number of aryl methyl sites for hydroxylation is 1. The van der Waals surface area contributed by atoms with Crippen LogP contribution in [0.15, 0.2) is 33.5 Å². The second kappa shape index (κ2) is 35.3. The van der Waals surface area contributed by atoms with Crippen molar-refractivity contribution in [3.63, 3.8) is 0 Å². The van der Waals surface area contributed by atoms with Gasteiger partial charge in [0, 0.05) is 93.2 Å². The lowest BCUT2D eigenvalue weighted by atomic mass is 10.1. The normalized spacial score (nSPS) is 12.7. The molecule has 0 aliphatic carbocycles. The molecule has 1 fully saturated rings. The van der Waals surface area contributed by atoms with Crippen LogP contribution in [0, 0.1) is 6.92 Å². The Kier molecular flexibility index (Phi) is 28.9. The van der Waals surface area contributed by atoms with Crippen molar-refractivity contribution in [2.75, 3.05) is 135 Å². The quantitative estimate of drug-likeness (QED) is 0.0260. The van der Waals surface area contributed by atoms with Crippen LogP contribution < -0.4 is 35.9 Å². The van der Waals surface area contributed by atoms with Crippen molar-refractivity contribution in [1.82, 2.24) is 26.0 Å². The largest absolute Gasteiger partial charge is 0.755 e. The smallest absolute Gasteiger partial charge is 0.349 e. The molecule has 0 bridgehead atoms. The summed E-state index contributed by atoms with van der Waals surface area (Å²) in [4.78, 5) is 105. The van der Waals surface area contributed by atoms with Gasteiger partial charge in [-0.05, 0) is 38.0 Å². The molecule has 1 saturated heterocycles. The Morgan fingerprint density at radius 3 is 1.89 bits per heavy atom. The molecule has 1 aliphatic heterocycles. The third-order valence-corrected chi connectivity index (χ3v) is 11.5. The van der Waals surface area contributed by atoms with Gasteiger partial charge in [0.15, 0.2) is 17.6 Å². The monoisotopic (exact) mass is 1100 g/mol. The maximum atomic E-state index is 12.7. The Bertz CT molecular complexity index is 2390. The first kappa shape index (κ1) is 61.5. The van der Waals surface area contributed by atoms with Crippen LogP contribution in [-0.2, 0) is 78.0 Å². The fraction of sp³-hybridized carbons (Fsp3) is 0.587. The Labute approximate surface area is 438 Å². The summed E-state index contributed by atoms with van der Waals surface area (Å²) in [6, 6.07) is 6.04. The molecule has 1 atom stereocenters. The molecular weight excluding hydrogens is 1030 g/mol. The molecule has 27 nitrogen and oxygen atoms in total. The lowest BCUT2D eigenvalue weighted by molar-refractivity contribution is -0.198. The van der Waals surface area contributed by atoms with Gasteiger partial charge < -0.3 is 73.0 Å². The van der Waals surface area contributed by atoms with Crippen molar-refractivity contribution in [2.45, 2.75) is 52.4 Å². The van der Waals surface area contributed by atoms with Gasteiger partial charge in [-0.2, -0.15) is 0 Å². The number of rotatable bonds is 40. The van der Waals surface area contributed by atoms with Gasteiger partial charge in [-0.1, -0.05) is 11.3 Å². The molecule has 4 rings (SSSR count). The number of hydrogen-bond acceptors (Lipinski definition) is 22. The van der Waals surface area contributed by atoms with Gasteiger partial charge in [0.25, 0.3) is 23.6 Å². The topological polar surface area (TPSA) is 340 Å². The Morgan fingerprint density at radius 2 is 1.29 bits per heavy atom. The standard InChI is InChI=1S/C46H65N7O20S2/c1-32-43(51-46(74-32)50-33(2)54)52(75(62)63)14-9-38(55)47-11-3-15-64-19-23-68-24-20-65-16-4-12-49-44(60)36-29-34-5-6-35(30-37(34)72-45(36)61)71-31-39(56)48-13-18-67-22-26-70-28-27-69-25-21-66-17-10-42(59)73-53-40(57)7-8-41(53)58/h5-6,29-30H,3-4,7-28,31H2,1-2H3,(H,47,55)(H,48,56)(H,49,60)(H,62,63)(H,50,51,54)/p-1. The molecular formula is C46H64N7O20S2-. The molecule has 3 aromatic rings. The van der Waals surface area contributed by atoms with Crippen LogP contribution in [0.4, 0.5) is 10.9 Å². The van der Waals surface area contributed by atoms with E-state index in [0.717, 1.165) is 15.6 Å². The number of nitrogens with one attached hydrogen (secondary N) is 4. The average Bonchev–Trinajstić information content (AvgIpc) is 3.89. The van der Waals surface area contributed by atoms with Gasteiger partial charge in [-0.3, -0.25) is 37.3 Å². The summed E-state index contributed by atoms with van der Waals surface area (Å²) in [7, 11) is 0. The molecule has 2 aromatic heterocycles. The van der Waals surface area contributed by atoms with Crippen molar-refractivity contribution in [3.05, 3.63) is 45.1 Å². The predicted molar refractivity (Wildman–Crippen MR) is 265 cm³/mol. The first-order chi connectivity index (χ1) is 36.2. The summed E-state index contributed by atoms with van der Waals surface area (Å²) in [5.41, 5.74) is -0.838. The van der Waals surface area contributed by atoms with Gasteiger partial charge in [-0.15, -0.1) is 5.06 Å². The number of ether oxygens (including phenoxy) is 8. The van der Waals surface area contributed by atoms with Crippen LogP contribution in [-0.4, -0.2) is 186 Å². The van der Waals surface area contributed by atoms with Crippen molar-refractivity contribution >= 4 is 85.9 Å². The van der Waals surface area contributed by atoms with Crippen molar-refractivity contribution < 1.29 is 89.5 Å². The number of thiazole rings is 1. The summed E-state index contributed by atoms with van der Waals surface area (Å²) >= 11 is -1.54. The maximum Gasteiger partial charge on any atom is 0.349 e. The van der Waals surface area contributed by atoms with E-state index in [4.69, 9.17) is 47.1 Å². The molecule has 4 N–H and O–H groups in total. The molecule has 3 heterocycles. The first-order valence-electron chi connectivity index (χ1n) is 24.0. The molecule has 29 heteroatoms. The Morgan fingerprint density at radius 1 is 0.733 bits per heavy atom. The molecule has 1 aliphatic rings. The summed E-state index contributed by atoms with van der Waals surface area (Å²) < 4.78 is 73.5. The number of carbonyl (C=O) groups excluding carboxylic acids is 7. The number of carbonyl (C=O) groups is 7. The minimum atomic E-state index is -2.67. The maximum absolute atomic E-state index is 12.7. The Balaban J connectivity index is 0.919. The molecule has 0 radical (unpaired) electrons. The fourth-order valence-electron chi connectivity index (χ4n) is 6.31. The van der Waals surface area contributed by atoms with Gasteiger partial charge in [0.05, 0.1) is 85.7 Å². The van der Waals surface area contributed by atoms with E-state index >= 15 is 0 Å². The number of benzene rings is 1. The van der Waals surface area contributed by atoms with Gasteiger partial charge in [0.1, 0.15) is 16.9 Å². The van der Waals surface area contributed by atoms with Gasteiger partial charge in [0.2, 0.25) is 11.8 Å². The van der Waals surface area contributed by atoms with E-state index < -0.39 is 46.5 Å². The fourth-order valence-corrected chi connectivity index (χ4v) is 7.79. The van der Waals surface area contributed by atoms with Crippen LogP contribution in [0.25, 0.3) is 11.0 Å². The number of imide groups is 1. The number of hydrogen-bond donors (Lipinski definition) is 4. The average molecular weight is 1100 g/mol. The summed E-state index contributed by atoms with van der Waals surface area (Å²) in [5.74, 6) is -3.06. The highest BCUT2D eigenvalue weighted by atomic mass is 32.2. The predicted octanol–water partition coefficient (Wildman–Crippen LogP) is 0.442. The first-order valence-corrected chi connectivity index (χ1v) is 25.8. The third-order valence-electron chi connectivity index (χ3n) is 9.95. The summed E-state index contributed by atoms with van der Waals surface area (Å²) in [6.45, 7) is 7.39. The molecule has 0 saturated carbocycles. The number of hydroxylamine groups is 2. The van der Waals surface area contributed by atoms with Gasteiger partial charge in [-0.25, -0.2) is 14.6 Å².